The summed E-state index contributed by atoms with van der Waals surface area (Å²) in [5, 5.41) is 10.2. The first-order chi connectivity index (χ1) is 11.6. The smallest absolute Gasteiger partial charge is 0.319 e. The third-order valence-corrected chi connectivity index (χ3v) is 3.88. The molecule has 3 rings (SSSR count). The minimum Gasteiger partial charge on any atom is -0.494 e. The monoisotopic (exact) mass is 329 g/mol. The molecule has 1 aromatic heterocycles. The molecule has 0 saturated carbocycles. The highest BCUT2D eigenvalue weighted by Gasteiger charge is 2.22. The molecule has 1 aliphatic rings. The Hall–Kier alpha value is -2.57. The van der Waals surface area contributed by atoms with Gasteiger partial charge in [-0.25, -0.2) is 14.5 Å². The topological polar surface area (TPSA) is 81.1 Å². The molecule has 2 N–H and O–H groups in total. The Labute approximate surface area is 141 Å². The van der Waals surface area contributed by atoms with Gasteiger partial charge in [0.2, 0.25) is 0 Å². The van der Waals surface area contributed by atoms with Crippen LogP contribution in [0.3, 0.4) is 0 Å². The Morgan fingerprint density at radius 2 is 2.17 bits per heavy atom. The molecule has 2 heterocycles. The number of aryl methyl sites for hydroxylation is 2. The van der Waals surface area contributed by atoms with Gasteiger partial charge in [-0.2, -0.15) is 5.10 Å². The highest BCUT2D eigenvalue weighted by molar-refractivity contribution is 5.89. The molecule has 1 aliphatic heterocycles. The van der Waals surface area contributed by atoms with E-state index in [0.29, 0.717) is 13.2 Å². The molecular formula is C17H23N5O2. The summed E-state index contributed by atoms with van der Waals surface area (Å²) in [4.78, 5) is 16.5. The van der Waals surface area contributed by atoms with E-state index in [0.717, 1.165) is 42.3 Å². The van der Waals surface area contributed by atoms with E-state index < -0.39 is 0 Å². The van der Waals surface area contributed by atoms with E-state index in [4.69, 9.17) is 4.74 Å². The van der Waals surface area contributed by atoms with Gasteiger partial charge in [0.25, 0.3) is 0 Å². The van der Waals surface area contributed by atoms with Gasteiger partial charge in [-0.15, -0.1) is 0 Å². The van der Waals surface area contributed by atoms with E-state index in [9.17, 15) is 4.79 Å². The normalized spacial score (nSPS) is 16.3. The van der Waals surface area contributed by atoms with Crippen molar-refractivity contribution in [2.45, 2.75) is 45.7 Å². The molecular weight excluding hydrogens is 306 g/mol. The highest BCUT2D eigenvalue weighted by Crippen LogP contribution is 2.16. The second kappa shape index (κ2) is 7.33. The lowest BCUT2D eigenvalue weighted by atomic mass is 10.1. The van der Waals surface area contributed by atoms with Crippen molar-refractivity contribution in [1.82, 2.24) is 20.1 Å². The predicted octanol–water partition coefficient (Wildman–Crippen LogP) is 2.51. The summed E-state index contributed by atoms with van der Waals surface area (Å²) < 4.78 is 7.41. The number of benzene rings is 1. The Morgan fingerprint density at radius 1 is 1.38 bits per heavy atom. The third kappa shape index (κ3) is 4.04. The number of nitrogens with one attached hydrogen (secondary N) is 2. The van der Waals surface area contributed by atoms with Gasteiger partial charge in [-0.3, -0.25) is 0 Å². The maximum Gasteiger partial charge on any atom is 0.319 e. The number of amides is 2. The van der Waals surface area contributed by atoms with Crippen molar-refractivity contribution in [3.63, 3.8) is 0 Å². The summed E-state index contributed by atoms with van der Waals surface area (Å²) >= 11 is 0. The minimum atomic E-state index is -0.206. The lowest BCUT2D eigenvalue weighted by molar-refractivity contribution is 0.243. The van der Waals surface area contributed by atoms with Crippen molar-refractivity contribution < 1.29 is 9.53 Å². The maximum absolute atomic E-state index is 12.2. The molecule has 0 fully saturated rings. The first kappa shape index (κ1) is 16.3. The first-order valence-electron chi connectivity index (χ1n) is 8.34. The minimum absolute atomic E-state index is 0.0609. The molecule has 0 radical (unpaired) electrons. The van der Waals surface area contributed by atoms with Crippen molar-refractivity contribution in [2.75, 3.05) is 11.9 Å². The van der Waals surface area contributed by atoms with Crippen LogP contribution in [0, 0.1) is 6.92 Å². The van der Waals surface area contributed by atoms with Gasteiger partial charge in [0.1, 0.15) is 17.4 Å². The van der Waals surface area contributed by atoms with E-state index in [2.05, 4.69) is 27.6 Å². The number of hydrogen-bond acceptors (Lipinski definition) is 4. The molecule has 128 valence electrons. The number of aromatic nitrogens is 3. The van der Waals surface area contributed by atoms with Gasteiger partial charge in [-0.05, 0) is 44.0 Å². The van der Waals surface area contributed by atoms with Crippen LogP contribution in [0.25, 0.3) is 0 Å². The van der Waals surface area contributed by atoms with Crippen molar-refractivity contribution in [1.29, 1.82) is 0 Å². The number of ether oxygens (including phenoxy) is 1. The van der Waals surface area contributed by atoms with Gasteiger partial charge >= 0.3 is 6.03 Å². The number of anilines is 1. The molecule has 1 unspecified atom stereocenters. The van der Waals surface area contributed by atoms with Crippen molar-refractivity contribution in [3.8, 4) is 5.75 Å². The van der Waals surface area contributed by atoms with E-state index in [1.165, 1.54) is 0 Å². The zero-order valence-corrected chi connectivity index (χ0v) is 14.1. The molecule has 2 aromatic rings. The molecule has 1 atom stereocenters. The molecule has 0 aliphatic carbocycles. The van der Waals surface area contributed by atoms with Crippen molar-refractivity contribution in [3.05, 3.63) is 35.9 Å². The van der Waals surface area contributed by atoms with E-state index in [-0.39, 0.29) is 12.1 Å². The highest BCUT2D eigenvalue weighted by atomic mass is 16.5. The number of nitrogens with zero attached hydrogens (tertiary/aromatic N) is 3. The summed E-state index contributed by atoms with van der Waals surface area (Å²) in [6.45, 7) is 5.30. The number of rotatable bonds is 5. The molecule has 7 heteroatoms. The van der Waals surface area contributed by atoms with Crippen molar-refractivity contribution >= 4 is 11.7 Å². The number of urea groups is 1. The lowest BCUT2D eigenvalue weighted by Crippen LogP contribution is -2.43. The fraction of sp³-hybridized carbons (Fsp3) is 0.471. The lowest BCUT2D eigenvalue weighted by Gasteiger charge is -2.23. The second-order valence-electron chi connectivity index (χ2n) is 5.96. The third-order valence-electron chi connectivity index (χ3n) is 3.88. The summed E-state index contributed by atoms with van der Waals surface area (Å²) in [6.07, 6.45) is 2.67. The zero-order chi connectivity index (χ0) is 16.9. The van der Waals surface area contributed by atoms with Crippen LogP contribution >= 0.6 is 0 Å². The fourth-order valence-electron chi connectivity index (χ4n) is 2.76. The largest absolute Gasteiger partial charge is 0.494 e. The van der Waals surface area contributed by atoms with Crippen LogP contribution in [0.5, 0.6) is 5.75 Å². The number of carbonyl (C=O) groups excluding carboxylic acids is 1. The molecule has 0 spiro atoms. The van der Waals surface area contributed by atoms with Gasteiger partial charge in [0.15, 0.2) is 0 Å². The molecule has 7 nitrogen and oxygen atoms in total. The summed E-state index contributed by atoms with van der Waals surface area (Å²) in [6, 6.07) is 7.25. The van der Waals surface area contributed by atoms with E-state index >= 15 is 0 Å². The quantitative estimate of drug-likeness (QED) is 0.883. The fourth-order valence-corrected chi connectivity index (χ4v) is 2.76. The van der Waals surface area contributed by atoms with Gasteiger partial charge in [0, 0.05) is 12.1 Å². The molecule has 2 amide bonds. The Bertz CT molecular complexity index is 696. The summed E-state index contributed by atoms with van der Waals surface area (Å²) in [5.74, 6) is 2.58. The summed E-state index contributed by atoms with van der Waals surface area (Å²) in [7, 11) is 0. The predicted molar refractivity (Wildman–Crippen MR) is 91.3 cm³/mol. The van der Waals surface area contributed by atoms with E-state index in [1.54, 1.807) is 0 Å². The van der Waals surface area contributed by atoms with Crippen LogP contribution in [0.15, 0.2) is 24.3 Å². The SMILES string of the molecule is CCCOc1ccc(NC(=O)NC2CCc3nc(C)nn3C2)cc1. The number of hydrogen-bond donors (Lipinski definition) is 2. The molecule has 0 bridgehead atoms. The van der Waals surface area contributed by atoms with E-state index in [1.807, 2.05) is 35.9 Å². The van der Waals surface area contributed by atoms with Crippen LogP contribution in [0.2, 0.25) is 0 Å². The van der Waals surface area contributed by atoms with Crippen LogP contribution in [0.4, 0.5) is 10.5 Å². The summed E-state index contributed by atoms with van der Waals surface area (Å²) in [5.41, 5.74) is 0.740. The molecule has 24 heavy (non-hydrogen) atoms. The molecule has 1 aromatic carbocycles. The van der Waals surface area contributed by atoms with Crippen LogP contribution in [0.1, 0.15) is 31.4 Å². The Kier molecular flexibility index (Phi) is 4.98. The Morgan fingerprint density at radius 3 is 2.92 bits per heavy atom. The van der Waals surface area contributed by atoms with Gasteiger partial charge in [0.05, 0.1) is 19.2 Å². The average molecular weight is 329 g/mol. The van der Waals surface area contributed by atoms with Crippen molar-refractivity contribution in [2.24, 2.45) is 0 Å². The second-order valence-corrected chi connectivity index (χ2v) is 5.96. The van der Waals surface area contributed by atoms with Gasteiger partial charge < -0.3 is 15.4 Å². The Balaban J connectivity index is 1.51. The van der Waals surface area contributed by atoms with Crippen LogP contribution in [-0.2, 0) is 13.0 Å². The van der Waals surface area contributed by atoms with Gasteiger partial charge in [-0.1, -0.05) is 6.92 Å². The maximum atomic E-state index is 12.2. The first-order valence-corrected chi connectivity index (χ1v) is 8.34. The zero-order valence-electron chi connectivity index (χ0n) is 14.1. The van der Waals surface area contributed by atoms with Crippen LogP contribution < -0.4 is 15.4 Å². The average Bonchev–Trinajstić information content (AvgIpc) is 2.93. The number of carbonyl (C=O) groups is 1. The number of fused-ring (bicyclic) bond motifs is 1. The van der Waals surface area contributed by atoms with Crippen LogP contribution in [-0.4, -0.2) is 33.4 Å². The standard InChI is InChI=1S/C17H23N5O2/c1-3-10-24-15-7-4-13(5-8-15)19-17(23)20-14-6-9-16-18-12(2)21-22(16)11-14/h4-5,7-8,14H,3,6,9-11H2,1-2H3,(H2,19,20,23). The molecule has 0 saturated heterocycles.